The minimum absolute atomic E-state index is 0.135. The summed E-state index contributed by atoms with van der Waals surface area (Å²) in [6.07, 6.45) is 6.26. The highest BCUT2D eigenvalue weighted by Crippen LogP contribution is 2.17. The normalized spacial score (nSPS) is 15.3. The van der Waals surface area contributed by atoms with Crippen molar-refractivity contribution in [1.29, 1.82) is 0 Å². The van der Waals surface area contributed by atoms with E-state index in [0.29, 0.717) is 24.1 Å². The molecule has 0 radical (unpaired) electrons. The molecule has 0 unspecified atom stereocenters. The molecule has 5 nitrogen and oxygen atoms in total. The molecular formula is C13H18N4O. The van der Waals surface area contributed by atoms with Gasteiger partial charge in [-0.2, -0.15) is 0 Å². The van der Waals surface area contributed by atoms with Gasteiger partial charge >= 0.3 is 0 Å². The van der Waals surface area contributed by atoms with E-state index >= 15 is 0 Å². The molecular weight excluding hydrogens is 228 g/mol. The lowest BCUT2D eigenvalue weighted by molar-refractivity contribution is 0.0932. The number of nitrogens with one attached hydrogen (secondary N) is 2. The molecule has 1 aliphatic rings. The second-order valence-electron chi connectivity index (χ2n) is 4.43. The maximum absolute atomic E-state index is 11.9. The van der Waals surface area contributed by atoms with Gasteiger partial charge in [0.05, 0.1) is 0 Å². The number of rotatable bonds is 5. The lowest BCUT2D eigenvalue weighted by Gasteiger charge is -2.11. The van der Waals surface area contributed by atoms with E-state index in [1.54, 1.807) is 18.2 Å². The third-order valence-electron chi connectivity index (χ3n) is 3.02. The third-order valence-corrected chi connectivity index (χ3v) is 3.02. The minimum Gasteiger partial charge on any atom is -0.365 e. The van der Waals surface area contributed by atoms with Crippen molar-refractivity contribution in [2.75, 3.05) is 11.9 Å². The maximum atomic E-state index is 11.9. The zero-order chi connectivity index (χ0) is 12.8. The molecule has 0 atom stereocenters. The summed E-state index contributed by atoms with van der Waals surface area (Å²) in [6, 6.07) is 3.74. The van der Waals surface area contributed by atoms with Crippen LogP contribution in [0.2, 0.25) is 0 Å². The van der Waals surface area contributed by atoms with Crippen molar-refractivity contribution in [2.45, 2.75) is 31.7 Å². The van der Waals surface area contributed by atoms with Crippen LogP contribution in [0.25, 0.3) is 0 Å². The van der Waals surface area contributed by atoms with Crippen molar-refractivity contribution >= 4 is 11.7 Å². The molecule has 1 heterocycles. The van der Waals surface area contributed by atoms with Crippen molar-refractivity contribution in [3.63, 3.8) is 0 Å². The van der Waals surface area contributed by atoms with E-state index in [1.807, 2.05) is 0 Å². The topological polar surface area (TPSA) is 66.9 Å². The molecule has 0 aromatic carbocycles. The monoisotopic (exact) mass is 246 g/mol. The molecule has 0 saturated heterocycles. The van der Waals surface area contributed by atoms with Gasteiger partial charge in [-0.05, 0) is 25.0 Å². The van der Waals surface area contributed by atoms with Crippen molar-refractivity contribution < 1.29 is 4.79 Å². The Hall–Kier alpha value is -1.91. The quantitative estimate of drug-likeness (QED) is 0.777. The van der Waals surface area contributed by atoms with Gasteiger partial charge in [0.15, 0.2) is 5.69 Å². The van der Waals surface area contributed by atoms with E-state index in [0.717, 1.165) is 12.8 Å². The van der Waals surface area contributed by atoms with Gasteiger partial charge in [0.25, 0.3) is 5.91 Å². The number of anilines is 1. The fraction of sp³-hybridized carbons (Fsp3) is 0.462. The fourth-order valence-electron chi connectivity index (χ4n) is 2.05. The first kappa shape index (κ1) is 12.5. The van der Waals surface area contributed by atoms with Crippen LogP contribution in [0.15, 0.2) is 24.8 Å². The van der Waals surface area contributed by atoms with Gasteiger partial charge in [-0.1, -0.05) is 18.9 Å². The van der Waals surface area contributed by atoms with Crippen LogP contribution in [-0.2, 0) is 0 Å². The van der Waals surface area contributed by atoms with Crippen LogP contribution in [0.3, 0.4) is 0 Å². The van der Waals surface area contributed by atoms with Crippen LogP contribution in [0.1, 0.15) is 36.2 Å². The number of amides is 1. The number of hydrogen-bond acceptors (Lipinski definition) is 4. The van der Waals surface area contributed by atoms with E-state index in [-0.39, 0.29) is 5.91 Å². The Morgan fingerprint density at radius 3 is 2.78 bits per heavy atom. The van der Waals surface area contributed by atoms with E-state index in [2.05, 4.69) is 27.4 Å². The highest BCUT2D eigenvalue weighted by molar-refractivity contribution is 5.92. The Balaban J connectivity index is 1.91. The van der Waals surface area contributed by atoms with Crippen LogP contribution in [0.5, 0.6) is 0 Å². The molecule has 0 spiro atoms. The third kappa shape index (κ3) is 3.29. The van der Waals surface area contributed by atoms with Gasteiger partial charge in [0.2, 0.25) is 0 Å². The van der Waals surface area contributed by atoms with E-state index in [4.69, 9.17) is 0 Å². The smallest absolute Gasteiger partial charge is 0.272 e. The Bertz CT molecular complexity index is 410. The van der Waals surface area contributed by atoms with Gasteiger partial charge in [0.1, 0.15) is 5.82 Å². The summed E-state index contributed by atoms with van der Waals surface area (Å²) in [5.74, 6) is 0.511. The molecule has 0 bridgehead atoms. The number of nitrogens with zero attached hydrogens (tertiary/aromatic N) is 2. The zero-order valence-corrected chi connectivity index (χ0v) is 10.4. The fourth-order valence-corrected chi connectivity index (χ4v) is 2.05. The molecule has 0 aliphatic heterocycles. The SMILES string of the molecule is C=CCNc1ccc(C(=O)NC2CCCC2)nn1. The van der Waals surface area contributed by atoms with Gasteiger partial charge in [-0.15, -0.1) is 16.8 Å². The average Bonchev–Trinajstić information content (AvgIpc) is 2.89. The summed E-state index contributed by atoms with van der Waals surface area (Å²) >= 11 is 0. The first-order valence-corrected chi connectivity index (χ1v) is 6.29. The molecule has 96 valence electrons. The maximum Gasteiger partial charge on any atom is 0.272 e. The predicted molar refractivity (Wildman–Crippen MR) is 70.4 cm³/mol. The Morgan fingerprint density at radius 2 is 2.17 bits per heavy atom. The zero-order valence-electron chi connectivity index (χ0n) is 10.4. The molecule has 1 saturated carbocycles. The Kier molecular flexibility index (Phi) is 4.28. The standard InChI is InChI=1S/C13H18N4O/c1-2-9-14-12-8-7-11(16-17-12)13(18)15-10-5-3-4-6-10/h2,7-8,10H,1,3-6,9H2,(H,14,17)(H,15,18). The summed E-state index contributed by atoms with van der Waals surface area (Å²) in [6.45, 7) is 4.23. The number of carbonyl (C=O) groups is 1. The first-order valence-electron chi connectivity index (χ1n) is 6.29. The van der Waals surface area contributed by atoms with Crippen LogP contribution >= 0.6 is 0 Å². The van der Waals surface area contributed by atoms with Crippen molar-refractivity contribution in [2.24, 2.45) is 0 Å². The van der Waals surface area contributed by atoms with Crippen LogP contribution in [-0.4, -0.2) is 28.7 Å². The molecule has 1 aromatic rings. The van der Waals surface area contributed by atoms with Crippen molar-refractivity contribution in [1.82, 2.24) is 15.5 Å². The molecule has 2 rings (SSSR count). The second kappa shape index (κ2) is 6.14. The summed E-state index contributed by atoms with van der Waals surface area (Å²) < 4.78 is 0. The summed E-state index contributed by atoms with van der Waals surface area (Å²) in [7, 11) is 0. The van der Waals surface area contributed by atoms with E-state index in [1.165, 1.54) is 12.8 Å². The number of hydrogen-bond donors (Lipinski definition) is 2. The van der Waals surface area contributed by atoms with Crippen LogP contribution < -0.4 is 10.6 Å². The van der Waals surface area contributed by atoms with Crippen LogP contribution in [0, 0.1) is 0 Å². The lowest BCUT2D eigenvalue weighted by atomic mass is 10.2. The molecule has 1 aliphatic carbocycles. The number of carbonyl (C=O) groups excluding carboxylic acids is 1. The number of aromatic nitrogens is 2. The molecule has 5 heteroatoms. The molecule has 2 N–H and O–H groups in total. The van der Waals surface area contributed by atoms with E-state index in [9.17, 15) is 4.79 Å². The molecule has 1 fully saturated rings. The van der Waals surface area contributed by atoms with Gasteiger partial charge in [0, 0.05) is 12.6 Å². The lowest BCUT2D eigenvalue weighted by Crippen LogP contribution is -2.33. The molecule has 18 heavy (non-hydrogen) atoms. The predicted octanol–water partition coefficient (Wildman–Crippen LogP) is 1.75. The Morgan fingerprint density at radius 1 is 1.39 bits per heavy atom. The largest absolute Gasteiger partial charge is 0.365 e. The van der Waals surface area contributed by atoms with Crippen molar-refractivity contribution in [3.8, 4) is 0 Å². The van der Waals surface area contributed by atoms with Gasteiger partial charge in [-0.3, -0.25) is 4.79 Å². The summed E-state index contributed by atoms with van der Waals surface area (Å²) in [4.78, 5) is 11.9. The Labute approximate surface area is 107 Å². The molecule has 1 aromatic heterocycles. The van der Waals surface area contributed by atoms with E-state index < -0.39 is 0 Å². The van der Waals surface area contributed by atoms with Gasteiger partial charge in [-0.25, -0.2) is 0 Å². The average molecular weight is 246 g/mol. The van der Waals surface area contributed by atoms with Crippen LogP contribution in [0.4, 0.5) is 5.82 Å². The second-order valence-corrected chi connectivity index (χ2v) is 4.43. The summed E-state index contributed by atoms with van der Waals surface area (Å²) in [5, 5.41) is 13.8. The van der Waals surface area contributed by atoms with Gasteiger partial charge < -0.3 is 10.6 Å². The molecule has 1 amide bonds. The minimum atomic E-state index is -0.135. The summed E-state index contributed by atoms with van der Waals surface area (Å²) in [5.41, 5.74) is 0.367. The first-order chi connectivity index (χ1) is 8.79. The highest BCUT2D eigenvalue weighted by atomic mass is 16.2. The van der Waals surface area contributed by atoms with Crippen molar-refractivity contribution in [3.05, 3.63) is 30.5 Å². The highest BCUT2D eigenvalue weighted by Gasteiger charge is 2.18.